The lowest BCUT2D eigenvalue weighted by Crippen LogP contribution is -2.09. The van der Waals surface area contributed by atoms with E-state index >= 15 is 0 Å². The first-order valence-corrected chi connectivity index (χ1v) is 6.34. The van der Waals surface area contributed by atoms with Gasteiger partial charge in [0, 0.05) is 6.07 Å². The van der Waals surface area contributed by atoms with Crippen LogP contribution in [0.5, 0.6) is 5.75 Å². The van der Waals surface area contributed by atoms with Crippen LogP contribution in [0, 0.1) is 11.6 Å². The largest absolute Gasteiger partial charge is 0.379 e. The third kappa shape index (κ3) is 2.65. The summed E-state index contributed by atoms with van der Waals surface area (Å²) in [7, 11) is -4.03. The zero-order valence-corrected chi connectivity index (χ0v) is 9.82. The molecule has 0 atom stereocenters. The molecule has 0 aliphatic rings. The van der Waals surface area contributed by atoms with Crippen molar-refractivity contribution in [2.75, 3.05) is 0 Å². The summed E-state index contributed by atoms with van der Waals surface area (Å²) in [5.41, 5.74) is 0. The lowest BCUT2D eigenvalue weighted by molar-refractivity contribution is 0.472. The molecular formula is C12H8F2O3S. The van der Waals surface area contributed by atoms with Crippen LogP contribution in [0.25, 0.3) is 0 Å². The van der Waals surface area contributed by atoms with Gasteiger partial charge in [0.05, 0.1) is 0 Å². The monoisotopic (exact) mass is 270 g/mol. The summed E-state index contributed by atoms with van der Waals surface area (Å²) in [5, 5.41) is 0. The van der Waals surface area contributed by atoms with Gasteiger partial charge in [-0.15, -0.1) is 0 Å². The van der Waals surface area contributed by atoms with Crippen LogP contribution in [0.4, 0.5) is 8.78 Å². The van der Waals surface area contributed by atoms with Gasteiger partial charge in [-0.3, -0.25) is 0 Å². The number of hydrogen-bond acceptors (Lipinski definition) is 3. The molecule has 3 nitrogen and oxygen atoms in total. The Morgan fingerprint density at radius 1 is 0.889 bits per heavy atom. The molecule has 0 fully saturated rings. The SMILES string of the molecule is O=S(=O)(Oc1ccc(F)c(F)c1)c1ccccc1. The first kappa shape index (κ1) is 12.5. The maximum absolute atomic E-state index is 12.9. The van der Waals surface area contributed by atoms with Crippen molar-refractivity contribution in [3.63, 3.8) is 0 Å². The Hall–Kier alpha value is -1.95. The van der Waals surface area contributed by atoms with Crippen molar-refractivity contribution >= 4 is 10.1 Å². The van der Waals surface area contributed by atoms with Crippen molar-refractivity contribution < 1.29 is 21.4 Å². The third-order valence-electron chi connectivity index (χ3n) is 2.13. The van der Waals surface area contributed by atoms with E-state index in [2.05, 4.69) is 4.18 Å². The quantitative estimate of drug-likeness (QED) is 0.805. The second kappa shape index (κ2) is 4.73. The maximum atomic E-state index is 12.9. The summed E-state index contributed by atoms with van der Waals surface area (Å²) in [5.74, 6) is -2.52. The highest BCUT2D eigenvalue weighted by Gasteiger charge is 2.16. The van der Waals surface area contributed by atoms with Gasteiger partial charge >= 0.3 is 10.1 Å². The topological polar surface area (TPSA) is 43.4 Å². The molecule has 0 aliphatic carbocycles. The summed E-state index contributed by atoms with van der Waals surface area (Å²) in [6.07, 6.45) is 0. The summed E-state index contributed by atoms with van der Waals surface area (Å²) >= 11 is 0. The lowest BCUT2D eigenvalue weighted by atomic mass is 10.3. The summed E-state index contributed by atoms with van der Waals surface area (Å²) < 4.78 is 53.8. The molecule has 0 unspecified atom stereocenters. The zero-order valence-electron chi connectivity index (χ0n) is 9.01. The van der Waals surface area contributed by atoms with Crippen molar-refractivity contribution in [1.29, 1.82) is 0 Å². The van der Waals surface area contributed by atoms with Gasteiger partial charge in [0.1, 0.15) is 10.6 Å². The van der Waals surface area contributed by atoms with E-state index in [9.17, 15) is 17.2 Å². The average molecular weight is 270 g/mol. The van der Waals surface area contributed by atoms with Gasteiger partial charge < -0.3 is 4.18 Å². The van der Waals surface area contributed by atoms with Gasteiger partial charge in [0.25, 0.3) is 0 Å². The van der Waals surface area contributed by atoms with Crippen LogP contribution in [0.3, 0.4) is 0 Å². The molecule has 0 spiro atoms. The van der Waals surface area contributed by atoms with Crippen molar-refractivity contribution in [1.82, 2.24) is 0 Å². The number of benzene rings is 2. The van der Waals surface area contributed by atoms with Crippen LogP contribution in [-0.2, 0) is 10.1 Å². The van der Waals surface area contributed by atoms with Gasteiger partial charge in [-0.2, -0.15) is 8.42 Å². The van der Waals surface area contributed by atoms with E-state index < -0.39 is 21.8 Å². The van der Waals surface area contributed by atoms with Gasteiger partial charge in [-0.25, -0.2) is 8.78 Å². The predicted molar refractivity (Wildman–Crippen MR) is 60.6 cm³/mol. The molecule has 0 saturated heterocycles. The zero-order chi connectivity index (χ0) is 13.2. The Kier molecular flexibility index (Phi) is 3.29. The predicted octanol–water partition coefficient (Wildman–Crippen LogP) is 2.73. The standard InChI is InChI=1S/C12H8F2O3S/c13-11-7-6-9(8-12(11)14)17-18(15,16)10-4-2-1-3-5-10/h1-8H. The minimum atomic E-state index is -4.03. The first-order chi connectivity index (χ1) is 8.49. The van der Waals surface area contributed by atoms with Crippen molar-refractivity contribution in [3.8, 4) is 5.75 Å². The van der Waals surface area contributed by atoms with Crippen LogP contribution in [-0.4, -0.2) is 8.42 Å². The van der Waals surface area contributed by atoms with E-state index in [-0.39, 0.29) is 10.6 Å². The molecule has 0 saturated carbocycles. The molecule has 2 aromatic rings. The molecule has 18 heavy (non-hydrogen) atoms. The lowest BCUT2D eigenvalue weighted by Gasteiger charge is -2.06. The van der Waals surface area contributed by atoms with Crippen LogP contribution in [0.15, 0.2) is 53.4 Å². The van der Waals surface area contributed by atoms with E-state index in [0.717, 1.165) is 12.1 Å². The number of hydrogen-bond donors (Lipinski definition) is 0. The molecule has 2 aromatic carbocycles. The average Bonchev–Trinajstić information content (AvgIpc) is 2.35. The fourth-order valence-corrected chi connectivity index (χ4v) is 2.23. The van der Waals surface area contributed by atoms with E-state index in [1.807, 2.05) is 0 Å². The third-order valence-corrected chi connectivity index (χ3v) is 3.39. The minimum absolute atomic E-state index is 0.0604. The number of halogens is 2. The fourth-order valence-electron chi connectivity index (χ4n) is 1.29. The Balaban J connectivity index is 2.31. The molecule has 2 rings (SSSR count). The van der Waals surface area contributed by atoms with Crippen molar-refractivity contribution in [2.45, 2.75) is 4.90 Å². The van der Waals surface area contributed by atoms with Crippen LogP contribution < -0.4 is 4.18 Å². The highest BCUT2D eigenvalue weighted by molar-refractivity contribution is 7.87. The van der Waals surface area contributed by atoms with Gasteiger partial charge in [0.15, 0.2) is 11.6 Å². The van der Waals surface area contributed by atoms with Crippen LogP contribution in [0.2, 0.25) is 0 Å². The molecule has 0 aromatic heterocycles. The molecule has 6 heteroatoms. The summed E-state index contributed by atoms with van der Waals surface area (Å²) in [6, 6.07) is 9.91. The molecular weight excluding hydrogens is 262 g/mol. The molecule has 0 aliphatic heterocycles. The maximum Gasteiger partial charge on any atom is 0.339 e. The van der Waals surface area contributed by atoms with Crippen molar-refractivity contribution in [2.24, 2.45) is 0 Å². The normalized spacial score (nSPS) is 11.2. The second-order valence-electron chi connectivity index (χ2n) is 3.43. The smallest absolute Gasteiger partial charge is 0.339 e. The van der Waals surface area contributed by atoms with E-state index in [1.54, 1.807) is 6.07 Å². The van der Waals surface area contributed by atoms with E-state index in [4.69, 9.17) is 0 Å². The summed E-state index contributed by atoms with van der Waals surface area (Å²) in [6.45, 7) is 0. The second-order valence-corrected chi connectivity index (χ2v) is 4.97. The minimum Gasteiger partial charge on any atom is -0.379 e. The molecule has 94 valence electrons. The van der Waals surface area contributed by atoms with E-state index in [0.29, 0.717) is 6.07 Å². The molecule has 0 N–H and O–H groups in total. The van der Waals surface area contributed by atoms with Gasteiger partial charge in [-0.05, 0) is 24.3 Å². The molecule has 0 heterocycles. The highest BCUT2D eigenvalue weighted by Crippen LogP contribution is 2.20. The Morgan fingerprint density at radius 2 is 1.56 bits per heavy atom. The van der Waals surface area contributed by atoms with Gasteiger partial charge in [-0.1, -0.05) is 18.2 Å². The van der Waals surface area contributed by atoms with Crippen LogP contribution >= 0.6 is 0 Å². The van der Waals surface area contributed by atoms with Gasteiger partial charge in [0.2, 0.25) is 0 Å². The number of rotatable bonds is 3. The first-order valence-electron chi connectivity index (χ1n) is 4.93. The fraction of sp³-hybridized carbons (Fsp3) is 0. The Labute approximate surface area is 103 Å². The molecule has 0 bridgehead atoms. The highest BCUT2D eigenvalue weighted by atomic mass is 32.2. The van der Waals surface area contributed by atoms with Crippen molar-refractivity contribution in [3.05, 3.63) is 60.2 Å². The Bertz CT molecular complexity index is 654. The molecule has 0 amide bonds. The Morgan fingerprint density at radius 3 is 2.17 bits per heavy atom. The summed E-state index contributed by atoms with van der Waals surface area (Å²) in [4.78, 5) is -0.0604. The molecule has 0 radical (unpaired) electrons. The van der Waals surface area contributed by atoms with E-state index in [1.165, 1.54) is 24.3 Å². The van der Waals surface area contributed by atoms with Crippen LogP contribution in [0.1, 0.15) is 0 Å².